The van der Waals surface area contributed by atoms with Crippen LogP contribution in [0.3, 0.4) is 0 Å². The van der Waals surface area contributed by atoms with Crippen LogP contribution >= 0.6 is 0 Å². The van der Waals surface area contributed by atoms with Crippen molar-refractivity contribution in [2.45, 2.75) is 5.92 Å². The van der Waals surface area contributed by atoms with Crippen LogP contribution in [0.5, 0.6) is 5.75 Å². The zero-order chi connectivity index (χ0) is 20.6. The first-order valence-electron chi connectivity index (χ1n) is 9.84. The monoisotopic (exact) mass is 394 g/mol. The number of benzene rings is 3. The minimum absolute atomic E-state index is 0.127. The van der Waals surface area contributed by atoms with E-state index in [-0.39, 0.29) is 11.8 Å². The van der Waals surface area contributed by atoms with Crippen LogP contribution in [0.15, 0.2) is 109 Å². The summed E-state index contributed by atoms with van der Waals surface area (Å²) in [5.74, 6) is 0.689. The average Bonchev–Trinajstić information content (AvgIpc) is 2.82. The molecule has 4 heteroatoms. The van der Waals surface area contributed by atoms with E-state index in [4.69, 9.17) is 4.74 Å². The minimum Gasteiger partial charge on any atom is -0.493 e. The molecule has 1 heterocycles. The lowest BCUT2D eigenvalue weighted by Gasteiger charge is -2.19. The summed E-state index contributed by atoms with van der Waals surface area (Å²) in [6.45, 7) is 0.511. The Morgan fingerprint density at radius 3 is 1.90 bits per heavy atom. The number of nitrogens with zero attached hydrogens (tertiary/aromatic N) is 1. The summed E-state index contributed by atoms with van der Waals surface area (Å²) in [7, 11) is 0. The van der Waals surface area contributed by atoms with Crippen molar-refractivity contribution in [3.63, 3.8) is 0 Å². The molecule has 0 saturated carbocycles. The van der Waals surface area contributed by atoms with E-state index >= 15 is 0 Å². The zero-order valence-electron chi connectivity index (χ0n) is 16.4. The largest absolute Gasteiger partial charge is 0.493 e. The van der Waals surface area contributed by atoms with Crippen LogP contribution in [0, 0.1) is 0 Å². The number of anilines is 1. The van der Waals surface area contributed by atoms with Crippen molar-refractivity contribution in [2.24, 2.45) is 0 Å². The van der Waals surface area contributed by atoms with Gasteiger partial charge in [-0.25, -0.2) is 0 Å². The Hall–Kier alpha value is -3.92. The van der Waals surface area contributed by atoms with E-state index in [0.717, 1.165) is 5.75 Å². The molecule has 0 atom stereocenters. The van der Waals surface area contributed by atoms with Crippen molar-refractivity contribution < 1.29 is 9.53 Å². The molecule has 0 unspecified atom stereocenters. The van der Waals surface area contributed by atoms with Crippen LogP contribution in [0.4, 0.5) is 5.69 Å². The third kappa shape index (κ3) is 4.92. The first-order chi connectivity index (χ1) is 14.8. The lowest BCUT2D eigenvalue weighted by molar-refractivity contribution is 0.102. The van der Waals surface area contributed by atoms with Crippen molar-refractivity contribution in [1.29, 1.82) is 0 Å². The second kappa shape index (κ2) is 9.52. The van der Waals surface area contributed by atoms with Crippen LogP contribution < -0.4 is 10.1 Å². The molecule has 1 aromatic heterocycles. The third-order valence-corrected chi connectivity index (χ3v) is 4.88. The molecule has 0 aliphatic rings. The van der Waals surface area contributed by atoms with Crippen molar-refractivity contribution in [2.75, 3.05) is 11.9 Å². The standard InChI is InChI=1S/C26H22N2O2/c29-26(28-23-15-17-27-18-16-23)22-11-13-24(14-12-22)30-19-25(20-7-3-1-4-8-20)21-9-5-2-6-10-21/h1-18,25H,19H2,(H,27,28,29). The van der Waals surface area contributed by atoms with Crippen molar-refractivity contribution in [3.8, 4) is 5.75 Å². The molecule has 0 saturated heterocycles. The number of pyridine rings is 1. The Balaban J connectivity index is 1.44. The van der Waals surface area contributed by atoms with Crippen LogP contribution in [-0.2, 0) is 0 Å². The van der Waals surface area contributed by atoms with Gasteiger partial charge in [0.2, 0.25) is 0 Å². The summed E-state index contributed by atoms with van der Waals surface area (Å²) in [4.78, 5) is 16.3. The highest BCUT2D eigenvalue weighted by molar-refractivity contribution is 6.04. The summed E-state index contributed by atoms with van der Waals surface area (Å²) >= 11 is 0. The van der Waals surface area contributed by atoms with Gasteiger partial charge in [-0.15, -0.1) is 0 Å². The molecule has 1 amide bonds. The maximum atomic E-state index is 12.4. The van der Waals surface area contributed by atoms with Crippen molar-refractivity contribution >= 4 is 11.6 Å². The molecular weight excluding hydrogens is 372 g/mol. The fourth-order valence-corrected chi connectivity index (χ4v) is 3.28. The van der Waals surface area contributed by atoms with Gasteiger partial charge in [-0.05, 0) is 47.5 Å². The molecule has 0 spiro atoms. The molecule has 0 radical (unpaired) electrons. The van der Waals surface area contributed by atoms with Gasteiger partial charge in [0.1, 0.15) is 5.75 Å². The molecule has 4 nitrogen and oxygen atoms in total. The maximum absolute atomic E-state index is 12.4. The first-order valence-corrected chi connectivity index (χ1v) is 9.84. The lowest BCUT2D eigenvalue weighted by atomic mass is 9.92. The number of hydrogen-bond donors (Lipinski definition) is 1. The van der Waals surface area contributed by atoms with E-state index < -0.39 is 0 Å². The summed E-state index contributed by atoms with van der Waals surface area (Å²) < 4.78 is 6.09. The Morgan fingerprint density at radius 1 is 0.767 bits per heavy atom. The fraction of sp³-hybridized carbons (Fsp3) is 0.0769. The number of hydrogen-bond acceptors (Lipinski definition) is 3. The quantitative estimate of drug-likeness (QED) is 0.447. The molecule has 4 aromatic rings. The highest BCUT2D eigenvalue weighted by atomic mass is 16.5. The highest BCUT2D eigenvalue weighted by Gasteiger charge is 2.15. The smallest absolute Gasteiger partial charge is 0.255 e. The van der Waals surface area contributed by atoms with Crippen LogP contribution in [-0.4, -0.2) is 17.5 Å². The van der Waals surface area contributed by atoms with Gasteiger partial charge in [-0.2, -0.15) is 0 Å². The highest BCUT2D eigenvalue weighted by Crippen LogP contribution is 2.26. The van der Waals surface area contributed by atoms with Gasteiger partial charge in [0.15, 0.2) is 0 Å². The van der Waals surface area contributed by atoms with Gasteiger partial charge in [-0.1, -0.05) is 60.7 Å². The molecular formula is C26H22N2O2. The first kappa shape index (κ1) is 19.4. The number of amides is 1. The normalized spacial score (nSPS) is 10.6. The number of ether oxygens (including phenoxy) is 1. The van der Waals surface area contributed by atoms with E-state index in [2.05, 4.69) is 34.6 Å². The topological polar surface area (TPSA) is 51.2 Å². The summed E-state index contributed by atoms with van der Waals surface area (Å²) in [5, 5.41) is 2.85. The molecule has 0 aliphatic carbocycles. The predicted octanol–water partition coefficient (Wildman–Crippen LogP) is 5.54. The number of aromatic nitrogens is 1. The zero-order valence-corrected chi connectivity index (χ0v) is 16.4. The van der Waals surface area contributed by atoms with Gasteiger partial charge >= 0.3 is 0 Å². The molecule has 0 aliphatic heterocycles. The fourth-order valence-electron chi connectivity index (χ4n) is 3.28. The molecule has 3 aromatic carbocycles. The predicted molar refractivity (Wildman–Crippen MR) is 119 cm³/mol. The summed E-state index contributed by atoms with van der Waals surface area (Å²) in [6.07, 6.45) is 3.28. The molecule has 30 heavy (non-hydrogen) atoms. The number of nitrogens with one attached hydrogen (secondary N) is 1. The second-order valence-corrected chi connectivity index (χ2v) is 6.90. The average molecular weight is 394 g/mol. The van der Waals surface area contributed by atoms with Gasteiger partial charge in [-0.3, -0.25) is 9.78 Å². The van der Waals surface area contributed by atoms with Gasteiger partial charge in [0.05, 0.1) is 6.61 Å². The second-order valence-electron chi connectivity index (χ2n) is 6.90. The van der Waals surface area contributed by atoms with E-state index in [0.29, 0.717) is 17.9 Å². The van der Waals surface area contributed by atoms with Gasteiger partial charge in [0.25, 0.3) is 5.91 Å². The van der Waals surface area contributed by atoms with Crippen molar-refractivity contribution in [3.05, 3.63) is 126 Å². The Morgan fingerprint density at radius 2 is 1.33 bits per heavy atom. The van der Waals surface area contributed by atoms with Crippen LogP contribution in [0.25, 0.3) is 0 Å². The number of carbonyl (C=O) groups excluding carboxylic acids is 1. The third-order valence-electron chi connectivity index (χ3n) is 4.88. The van der Waals surface area contributed by atoms with Crippen LogP contribution in [0.2, 0.25) is 0 Å². The molecule has 4 rings (SSSR count). The summed E-state index contributed by atoms with van der Waals surface area (Å²) in [6, 6.07) is 31.4. The van der Waals surface area contributed by atoms with E-state index in [1.54, 1.807) is 36.7 Å². The Labute approximate surface area is 176 Å². The Bertz CT molecular complexity index is 1030. The van der Waals surface area contributed by atoms with Crippen LogP contribution in [0.1, 0.15) is 27.4 Å². The van der Waals surface area contributed by atoms with Crippen molar-refractivity contribution in [1.82, 2.24) is 4.98 Å². The molecule has 148 valence electrons. The van der Waals surface area contributed by atoms with E-state index in [1.807, 2.05) is 48.5 Å². The van der Waals surface area contributed by atoms with E-state index in [9.17, 15) is 4.79 Å². The molecule has 0 bridgehead atoms. The lowest BCUT2D eigenvalue weighted by Crippen LogP contribution is -2.13. The minimum atomic E-state index is -0.167. The SMILES string of the molecule is O=C(Nc1ccncc1)c1ccc(OCC(c2ccccc2)c2ccccc2)cc1. The van der Waals surface area contributed by atoms with Gasteiger partial charge < -0.3 is 10.1 Å². The Kier molecular flexibility index (Phi) is 6.16. The van der Waals surface area contributed by atoms with Gasteiger partial charge in [0, 0.05) is 29.6 Å². The molecule has 1 N–H and O–H groups in total. The molecule has 0 fully saturated rings. The number of carbonyl (C=O) groups is 1. The van der Waals surface area contributed by atoms with E-state index in [1.165, 1.54) is 11.1 Å². The number of rotatable bonds is 7. The maximum Gasteiger partial charge on any atom is 0.255 e. The summed E-state index contributed by atoms with van der Waals surface area (Å²) in [5.41, 5.74) is 3.69.